The molecule has 0 aliphatic heterocycles. The van der Waals surface area contributed by atoms with Gasteiger partial charge >= 0.3 is 0 Å². The standard InChI is InChI=1S/C52H35N3/c1-5-17-40(18-6-1)53(41-19-7-2-8-20-41)44-28-30-49-46(33-44)48-35-51-47(34-52(48)54(49)42-21-9-3-10-22-42)45-29-27-39(32-50(45)55(51)43-23-11-4-12-24-43)38-26-25-36-15-13-14-16-37(36)31-38/h1-35H. The topological polar surface area (TPSA) is 13.1 Å². The summed E-state index contributed by atoms with van der Waals surface area (Å²) in [5.74, 6) is 0. The van der Waals surface area contributed by atoms with Gasteiger partial charge < -0.3 is 14.0 Å². The molecule has 0 bridgehead atoms. The minimum Gasteiger partial charge on any atom is -0.310 e. The Bertz CT molecular complexity index is 3140. The van der Waals surface area contributed by atoms with Gasteiger partial charge in [0, 0.05) is 50.0 Å². The molecule has 3 nitrogen and oxygen atoms in total. The van der Waals surface area contributed by atoms with Crippen LogP contribution in [0.3, 0.4) is 0 Å². The lowest BCUT2D eigenvalue weighted by Gasteiger charge is -2.25. The average Bonchev–Trinajstić information content (AvgIpc) is 3.75. The fraction of sp³-hybridized carbons (Fsp3) is 0. The van der Waals surface area contributed by atoms with Crippen LogP contribution in [0, 0.1) is 0 Å². The molecule has 11 rings (SSSR count). The lowest BCUT2D eigenvalue weighted by Crippen LogP contribution is -2.09. The highest BCUT2D eigenvalue weighted by Gasteiger charge is 2.21. The third-order valence-corrected chi connectivity index (χ3v) is 11.0. The minimum absolute atomic E-state index is 1.11. The van der Waals surface area contributed by atoms with E-state index >= 15 is 0 Å². The smallest absolute Gasteiger partial charge is 0.0548 e. The maximum atomic E-state index is 2.45. The summed E-state index contributed by atoms with van der Waals surface area (Å²) in [6.07, 6.45) is 0. The molecule has 0 spiro atoms. The second kappa shape index (κ2) is 12.6. The summed E-state index contributed by atoms with van der Waals surface area (Å²) in [5.41, 5.74) is 12.8. The predicted molar refractivity (Wildman–Crippen MR) is 233 cm³/mol. The molecule has 0 aliphatic carbocycles. The normalized spacial score (nSPS) is 11.6. The molecule has 258 valence electrons. The van der Waals surface area contributed by atoms with Crippen LogP contribution >= 0.6 is 0 Å². The van der Waals surface area contributed by atoms with Gasteiger partial charge in [0.15, 0.2) is 0 Å². The zero-order chi connectivity index (χ0) is 36.3. The molecule has 0 saturated heterocycles. The van der Waals surface area contributed by atoms with E-state index in [1.54, 1.807) is 0 Å². The van der Waals surface area contributed by atoms with E-state index in [1.165, 1.54) is 65.5 Å². The Morgan fingerprint density at radius 2 is 0.745 bits per heavy atom. The first-order chi connectivity index (χ1) is 27.3. The monoisotopic (exact) mass is 701 g/mol. The van der Waals surface area contributed by atoms with E-state index in [2.05, 4.69) is 226 Å². The number of hydrogen-bond acceptors (Lipinski definition) is 1. The van der Waals surface area contributed by atoms with E-state index in [1.807, 2.05) is 0 Å². The molecule has 3 heteroatoms. The average molecular weight is 702 g/mol. The molecule has 0 saturated carbocycles. The first kappa shape index (κ1) is 31.2. The van der Waals surface area contributed by atoms with Crippen molar-refractivity contribution in [2.75, 3.05) is 4.90 Å². The zero-order valence-corrected chi connectivity index (χ0v) is 30.0. The number of nitrogens with zero attached hydrogens (tertiary/aromatic N) is 3. The second-order valence-corrected chi connectivity index (χ2v) is 14.2. The summed E-state index contributed by atoms with van der Waals surface area (Å²) in [5, 5.41) is 7.38. The molecule has 0 atom stereocenters. The van der Waals surface area contributed by atoms with Crippen molar-refractivity contribution in [3.05, 3.63) is 212 Å². The Morgan fingerprint density at radius 3 is 1.38 bits per heavy atom. The van der Waals surface area contributed by atoms with E-state index in [9.17, 15) is 0 Å². The molecule has 0 radical (unpaired) electrons. The third kappa shape index (κ3) is 5.13. The van der Waals surface area contributed by atoms with Crippen LogP contribution in [0.5, 0.6) is 0 Å². The lowest BCUT2D eigenvalue weighted by atomic mass is 10.00. The van der Waals surface area contributed by atoms with E-state index < -0.39 is 0 Å². The Kier molecular flexibility index (Phi) is 7.17. The van der Waals surface area contributed by atoms with Crippen LogP contribution in [0.2, 0.25) is 0 Å². The van der Waals surface area contributed by atoms with Gasteiger partial charge in [0.25, 0.3) is 0 Å². The van der Waals surface area contributed by atoms with Crippen molar-refractivity contribution in [2.45, 2.75) is 0 Å². The Hall–Kier alpha value is -7.36. The summed E-state index contributed by atoms with van der Waals surface area (Å²) >= 11 is 0. The third-order valence-electron chi connectivity index (χ3n) is 11.0. The summed E-state index contributed by atoms with van der Waals surface area (Å²) in [7, 11) is 0. The molecule has 0 fully saturated rings. The van der Waals surface area contributed by atoms with Crippen LogP contribution in [-0.4, -0.2) is 9.13 Å². The van der Waals surface area contributed by atoms with Crippen molar-refractivity contribution < 1.29 is 0 Å². The maximum absolute atomic E-state index is 2.45. The maximum Gasteiger partial charge on any atom is 0.0548 e. The van der Waals surface area contributed by atoms with E-state index in [0.717, 1.165) is 28.4 Å². The molecule has 9 aromatic carbocycles. The number of anilines is 3. The van der Waals surface area contributed by atoms with E-state index in [4.69, 9.17) is 0 Å². The van der Waals surface area contributed by atoms with Gasteiger partial charge in [-0.25, -0.2) is 0 Å². The molecule has 2 heterocycles. The number of hydrogen-bond donors (Lipinski definition) is 0. The van der Waals surface area contributed by atoms with Crippen LogP contribution < -0.4 is 4.90 Å². The summed E-state index contributed by atoms with van der Waals surface area (Å²) in [6.45, 7) is 0. The van der Waals surface area contributed by atoms with Crippen LogP contribution in [0.25, 0.3) is 76.9 Å². The first-order valence-corrected chi connectivity index (χ1v) is 18.9. The summed E-state index contributed by atoms with van der Waals surface area (Å²) in [4.78, 5) is 2.35. The van der Waals surface area contributed by atoms with Crippen LogP contribution in [-0.2, 0) is 0 Å². The number of para-hydroxylation sites is 4. The Balaban J connectivity index is 1.21. The molecule has 0 aliphatic rings. The Morgan fingerprint density at radius 1 is 0.273 bits per heavy atom. The lowest BCUT2D eigenvalue weighted by molar-refractivity contribution is 1.17. The van der Waals surface area contributed by atoms with Crippen LogP contribution in [0.15, 0.2) is 212 Å². The molecule has 0 amide bonds. The molecule has 0 unspecified atom stereocenters. The number of aromatic nitrogens is 2. The summed E-state index contributed by atoms with van der Waals surface area (Å²) < 4.78 is 4.88. The van der Waals surface area contributed by atoms with Gasteiger partial charge in [-0.15, -0.1) is 0 Å². The van der Waals surface area contributed by atoms with Crippen LogP contribution in [0.4, 0.5) is 17.1 Å². The second-order valence-electron chi connectivity index (χ2n) is 14.2. The van der Waals surface area contributed by atoms with Gasteiger partial charge in [-0.3, -0.25) is 0 Å². The number of fused-ring (bicyclic) bond motifs is 7. The number of benzene rings is 9. The minimum atomic E-state index is 1.11. The molecule has 2 aromatic heterocycles. The van der Waals surface area contributed by atoms with Gasteiger partial charge in [0.05, 0.1) is 22.1 Å². The molecule has 55 heavy (non-hydrogen) atoms. The highest BCUT2D eigenvalue weighted by molar-refractivity contribution is 6.20. The Labute approximate surface area is 319 Å². The van der Waals surface area contributed by atoms with Gasteiger partial charge in [-0.1, -0.05) is 121 Å². The van der Waals surface area contributed by atoms with Crippen molar-refractivity contribution in [3.63, 3.8) is 0 Å². The van der Waals surface area contributed by atoms with E-state index in [-0.39, 0.29) is 0 Å². The molecular weight excluding hydrogens is 667 g/mol. The van der Waals surface area contributed by atoms with Gasteiger partial charge in [0.1, 0.15) is 0 Å². The van der Waals surface area contributed by atoms with Crippen LogP contribution in [0.1, 0.15) is 0 Å². The van der Waals surface area contributed by atoms with Crippen molar-refractivity contribution in [2.24, 2.45) is 0 Å². The highest BCUT2D eigenvalue weighted by Crippen LogP contribution is 2.43. The van der Waals surface area contributed by atoms with Crippen molar-refractivity contribution in [1.82, 2.24) is 9.13 Å². The van der Waals surface area contributed by atoms with E-state index in [0.29, 0.717) is 0 Å². The SMILES string of the molecule is c1ccc(N(c2ccccc2)c2ccc3c(c2)c2cc4c(cc2n3-c2ccccc2)c2ccc(-c3ccc5ccccc5c3)cc2n4-c2ccccc2)cc1. The zero-order valence-electron chi connectivity index (χ0n) is 30.0. The number of rotatable bonds is 6. The van der Waals surface area contributed by atoms with Gasteiger partial charge in [0.2, 0.25) is 0 Å². The van der Waals surface area contributed by atoms with Crippen molar-refractivity contribution >= 4 is 71.4 Å². The quantitative estimate of drug-likeness (QED) is 0.168. The molecule has 0 N–H and O–H groups in total. The largest absolute Gasteiger partial charge is 0.310 e. The fourth-order valence-corrected chi connectivity index (χ4v) is 8.52. The molecular formula is C52H35N3. The summed E-state index contributed by atoms with van der Waals surface area (Å²) in [6, 6.07) is 76.9. The molecule has 11 aromatic rings. The fourth-order valence-electron chi connectivity index (χ4n) is 8.52. The van der Waals surface area contributed by atoms with Crippen molar-refractivity contribution in [3.8, 4) is 22.5 Å². The van der Waals surface area contributed by atoms with Crippen molar-refractivity contribution in [1.29, 1.82) is 0 Å². The first-order valence-electron chi connectivity index (χ1n) is 18.9. The predicted octanol–water partition coefficient (Wildman–Crippen LogP) is 14.2. The van der Waals surface area contributed by atoms with Gasteiger partial charge in [-0.05, 0) is 113 Å². The highest BCUT2D eigenvalue weighted by atomic mass is 15.1. The van der Waals surface area contributed by atoms with Gasteiger partial charge in [-0.2, -0.15) is 0 Å².